The minimum atomic E-state index is -3.89. The van der Waals surface area contributed by atoms with Crippen LogP contribution in [0.2, 0.25) is 0 Å². The van der Waals surface area contributed by atoms with Crippen molar-refractivity contribution >= 4 is 27.5 Å². The number of aryl methyl sites for hydroxylation is 1. The predicted octanol–water partition coefficient (Wildman–Crippen LogP) is 4.64. The molecule has 0 radical (unpaired) electrons. The van der Waals surface area contributed by atoms with Gasteiger partial charge in [-0.15, -0.1) is 0 Å². The number of primary sulfonamides is 1. The van der Waals surface area contributed by atoms with E-state index in [-0.39, 0.29) is 16.6 Å². The maximum Gasteiger partial charge on any atom is 0.259 e. The average molecular weight is 501 g/mol. The number of nitrogens with two attached hydrogens (primary N) is 2. The molecule has 9 heteroatoms. The Balaban J connectivity index is 1.58. The Kier molecular flexibility index (Phi) is 6.86. The number of carbonyl (C=O) groups excluding carboxylic acids is 1. The summed E-state index contributed by atoms with van der Waals surface area (Å²) in [7, 11) is -3.89. The van der Waals surface area contributed by atoms with Gasteiger partial charge in [0.25, 0.3) is 5.91 Å². The van der Waals surface area contributed by atoms with Gasteiger partial charge in [0.05, 0.1) is 10.5 Å². The maximum atomic E-state index is 13.1. The number of ether oxygens (including phenoxy) is 1. The molecule has 0 saturated carbocycles. The molecule has 1 amide bonds. The SMILES string of the molecule is Cc1ccc(C(=O)Nc2ccc(-c3ccccc3S(N)(=O)=O)cc2)c(Oc2cccc(C(=N)N)c2)c1. The number of hydrogen-bond acceptors (Lipinski definition) is 5. The number of amidine groups is 1. The molecule has 6 N–H and O–H groups in total. The van der Waals surface area contributed by atoms with Crippen LogP contribution in [0.1, 0.15) is 21.5 Å². The number of benzene rings is 4. The van der Waals surface area contributed by atoms with Crippen molar-refractivity contribution in [2.24, 2.45) is 10.9 Å². The molecule has 0 heterocycles. The molecule has 0 aromatic heterocycles. The van der Waals surface area contributed by atoms with Crippen LogP contribution in [0, 0.1) is 12.3 Å². The summed E-state index contributed by atoms with van der Waals surface area (Å²) in [6.07, 6.45) is 0. The maximum absolute atomic E-state index is 13.1. The van der Waals surface area contributed by atoms with Crippen molar-refractivity contribution in [3.05, 3.63) is 108 Å². The van der Waals surface area contributed by atoms with Crippen LogP contribution in [-0.4, -0.2) is 20.2 Å². The van der Waals surface area contributed by atoms with Gasteiger partial charge in [-0.1, -0.05) is 48.5 Å². The Bertz CT molecular complexity index is 1570. The van der Waals surface area contributed by atoms with Gasteiger partial charge in [-0.2, -0.15) is 0 Å². The molecule has 4 aromatic rings. The van der Waals surface area contributed by atoms with Gasteiger partial charge in [-0.05, 0) is 60.5 Å². The zero-order valence-electron chi connectivity index (χ0n) is 19.4. The third kappa shape index (κ3) is 5.60. The van der Waals surface area contributed by atoms with Crippen LogP contribution >= 0.6 is 0 Å². The van der Waals surface area contributed by atoms with Crippen molar-refractivity contribution in [3.63, 3.8) is 0 Å². The molecular formula is C27H24N4O4S. The lowest BCUT2D eigenvalue weighted by molar-refractivity contribution is 0.102. The molecule has 8 nitrogen and oxygen atoms in total. The third-order valence-electron chi connectivity index (χ3n) is 5.40. The number of sulfonamides is 1. The molecule has 0 aliphatic carbocycles. The second-order valence-electron chi connectivity index (χ2n) is 8.12. The average Bonchev–Trinajstić information content (AvgIpc) is 2.84. The fourth-order valence-electron chi connectivity index (χ4n) is 3.64. The van der Waals surface area contributed by atoms with E-state index in [1.54, 1.807) is 84.9 Å². The van der Waals surface area contributed by atoms with Gasteiger partial charge in [-0.3, -0.25) is 10.2 Å². The van der Waals surface area contributed by atoms with Gasteiger partial charge < -0.3 is 15.8 Å². The molecule has 0 unspecified atom stereocenters. The van der Waals surface area contributed by atoms with Crippen LogP contribution in [0.5, 0.6) is 11.5 Å². The summed E-state index contributed by atoms with van der Waals surface area (Å²) in [6, 6.07) is 25.2. The fourth-order valence-corrected chi connectivity index (χ4v) is 4.40. The van der Waals surface area contributed by atoms with Gasteiger partial charge in [0.1, 0.15) is 17.3 Å². The summed E-state index contributed by atoms with van der Waals surface area (Å²) in [5.41, 5.74) is 8.93. The number of carbonyl (C=O) groups is 1. The van der Waals surface area contributed by atoms with Crippen LogP contribution in [0.25, 0.3) is 11.1 Å². The van der Waals surface area contributed by atoms with Crippen molar-refractivity contribution in [1.29, 1.82) is 5.41 Å². The first-order chi connectivity index (χ1) is 17.1. The first-order valence-corrected chi connectivity index (χ1v) is 12.4. The van der Waals surface area contributed by atoms with Crippen molar-refractivity contribution in [2.75, 3.05) is 5.32 Å². The summed E-state index contributed by atoms with van der Waals surface area (Å²) >= 11 is 0. The van der Waals surface area contributed by atoms with E-state index in [2.05, 4.69) is 5.32 Å². The van der Waals surface area contributed by atoms with Gasteiger partial charge in [-0.25, -0.2) is 13.6 Å². The lowest BCUT2D eigenvalue weighted by atomic mass is 10.1. The van der Waals surface area contributed by atoms with E-state index < -0.39 is 10.0 Å². The van der Waals surface area contributed by atoms with Crippen molar-refractivity contribution in [3.8, 4) is 22.6 Å². The summed E-state index contributed by atoms with van der Waals surface area (Å²) in [6.45, 7) is 1.89. The molecule has 0 saturated heterocycles. The number of nitrogen functional groups attached to an aromatic ring is 1. The fraction of sp³-hybridized carbons (Fsp3) is 0.0370. The molecule has 0 aliphatic heterocycles. The third-order valence-corrected chi connectivity index (χ3v) is 6.37. The first-order valence-electron chi connectivity index (χ1n) is 10.9. The van der Waals surface area contributed by atoms with Crippen LogP contribution in [-0.2, 0) is 10.0 Å². The number of amides is 1. The first kappa shape index (κ1) is 24.6. The van der Waals surface area contributed by atoms with E-state index in [1.807, 2.05) is 6.92 Å². The molecule has 0 aliphatic rings. The topological polar surface area (TPSA) is 148 Å². The van der Waals surface area contributed by atoms with Crippen molar-refractivity contribution in [2.45, 2.75) is 11.8 Å². The Hall–Kier alpha value is -4.47. The molecule has 36 heavy (non-hydrogen) atoms. The van der Waals surface area contributed by atoms with E-state index in [0.717, 1.165) is 5.56 Å². The van der Waals surface area contributed by atoms with Gasteiger partial charge in [0.2, 0.25) is 10.0 Å². The molecule has 4 aromatic carbocycles. The largest absolute Gasteiger partial charge is 0.457 e. The monoisotopic (exact) mass is 500 g/mol. The quantitative estimate of drug-likeness (QED) is 0.215. The van der Waals surface area contributed by atoms with E-state index in [0.29, 0.717) is 39.4 Å². The van der Waals surface area contributed by atoms with Crippen LogP contribution in [0.3, 0.4) is 0 Å². The summed E-state index contributed by atoms with van der Waals surface area (Å²) in [5, 5.41) is 15.8. The highest BCUT2D eigenvalue weighted by atomic mass is 32.2. The van der Waals surface area contributed by atoms with Crippen molar-refractivity contribution in [1.82, 2.24) is 0 Å². The summed E-state index contributed by atoms with van der Waals surface area (Å²) < 4.78 is 29.8. The lowest BCUT2D eigenvalue weighted by Gasteiger charge is -2.14. The van der Waals surface area contributed by atoms with E-state index in [9.17, 15) is 13.2 Å². The Morgan fingerprint density at radius 3 is 2.33 bits per heavy atom. The van der Waals surface area contributed by atoms with Crippen LogP contribution < -0.4 is 20.9 Å². The molecule has 0 spiro atoms. The highest BCUT2D eigenvalue weighted by Gasteiger charge is 2.16. The summed E-state index contributed by atoms with van der Waals surface area (Å²) in [4.78, 5) is 13.1. The Morgan fingerprint density at radius 2 is 1.64 bits per heavy atom. The predicted molar refractivity (Wildman–Crippen MR) is 140 cm³/mol. The molecule has 0 atom stereocenters. The second kappa shape index (κ2) is 10.0. The molecule has 0 bridgehead atoms. The molecular weight excluding hydrogens is 476 g/mol. The second-order valence-corrected chi connectivity index (χ2v) is 9.65. The Morgan fingerprint density at radius 1 is 0.917 bits per heavy atom. The Labute approximate surface area is 209 Å². The molecule has 0 fully saturated rings. The normalized spacial score (nSPS) is 11.1. The molecule has 4 rings (SSSR count). The van der Waals surface area contributed by atoms with Gasteiger partial charge in [0, 0.05) is 16.8 Å². The van der Waals surface area contributed by atoms with Gasteiger partial charge in [0.15, 0.2) is 0 Å². The highest BCUT2D eigenvalue weighted by molar-refractivity contribution is 7.89. The van der Waals surface area contributed by atoms with Crippen LogP contribution in [0.15, 0.2) is 95.9 Å². The lowest BCUT2D eigenvalue weighted by Crippen LogP contribution is -2.14. The number of anilines is 1. The van der Waals surface area contributed by atoms with Crippen molar-refractivity contribution < 1.29 is 17.9 Å². The number of hydrogen-bond donors (Lipinski definition) is 4. The van der Waals surface area contributed by atoms with E-state index in [4.69, 9.17) is 21.0 Å². The van der Waals surface area contributed by atoms with Crippen LogP contribution in [0.4, 0.5) is 5.69 Å². The molecule has 182 valence electrons. The van der Waals surface area contributed by atoms with E-state index in [1.165, 1.54) is 6.07 Å². The number of nitrogens with one attached hydrogen (secondary N) is 2. The highest BCUT2D eigenvalue weighted by Crippen LogP contribution is 2.30. The zero-order valence-corrected chi connectivity index (χ0v) is 20.2. The standard InChI is InChI=1S/C27H24N4O4S/c1-17-9-14-23(24(15-17)35-21-6-4-5-19(16-21)26(28)29)27(32)31-20-12-10-18(11-13-20)22-7-2-3-8-25(22)36(30,33)34/h2-16H,1H3,(H3,28,29)(H,31,32)(H2,30,33,34). The zero-order chi connectivity index (χ0) is 25.9. The smallest absolute Gasteiger partial charge is 0.259 e. The van der Waals surface area contributed by atoms with E-state index >= 15 is 0 Å². The number of rotatable bonds is 7. The minimum Gasteiger partial charge on any atom is -0.457 e. The minimum absolute atomic E-state index is 0.0251. The van der Waals surface area contributed by atoms with Gasteiger partial charge >= 0.3 is 0 Å². The summed E-state index contributed by atoms with van der Waals surface area (Å²) in [5.74, 6) is 0.329.